The summed E-state index contributed by atoms with van der Waals surface area (Å²) in [6.07, 6.45) is 2.14. The van der Waals surface area contributed by atoms with Gasteiger partial charge in [-0.3, -0.25) is 0 Å². The Kier molecular flexibility index (Phi) is 5.35. The number of aliphatic imine (C=N–C) groups is 1. The molecule has 0 amide bonds. The van der Waals surface area contributed by atoms with E-state index in [0.29, 0.717) is 24.0 Å². The lowest BCUT2D eigenvalue weighted by molar-refractivity contribution is 0.343. The molecule has 0 spiro atoms. The van der Waals surface area contributed by atoms with Gasteiger partial charge in [-0.05, 0) is 47.1 Å². The van der Waals surface area contributed by atoms with Crippen LogP contribution in [0.5, 0.6) is 11.5 Å². The van der Waals surface area contributed by atoms with Crippen LogP contribution in [0.4, 0.5) is 0 Å². The minimum Gasteiger partial charge on any atom is -0.493 e. The van der Waals surface area contributed by atoms with Gasteiger partial charge in [-0.2, -0.15) is 0 Å². The lowest BCUT2D eigenvalue weighted by Crippen LogP contribution is -2.40. The van der Waals surface area contributed by atoms with Gasteiger partial charge in [0.2, 0.25) is 0 Å². The van der Waals surface area contributed by atoms with Crippen molar-refractivity contribution in [2.24, 2.45) is 16.1 Å². The highest BCUT2D eigenvalue weighted by Crippen LogP contribution is 2.35. The van der Waals surface area contributed by atoms with E-state index in [-0.39, 0.29) is 5.41 Å². The van der Waals surface area contributed by atoms with Gasteiger partial charge in [-0.25, -0.2) is 4.99 Å². The maximum atomic E-state index is 6.07. The molecule has 0 aromatic heterocycles. The maximum absolute atomic E-state index is 6.07. The summed E-state index contributed by atoms with van der Waals surface area (Å²) in [6, 6.07) is 14.4. The van der Waals surface area contributed by atoms with E-state index in [4.69, 9.17) is 15.2 Å². The third kappa shape index (κ3) is 4.10. The first kappa shape index (κ1) is 18.1. The zero-order valence-electron chi connectivity index (χ0n) is 15.7. The fraction of sp³-hybridized carbons (Fsp3) is 0.381. The normalized spacial score (nSPS) is 15.4. The number of methoxy groups -OCH3 is 2. The van der Waals surface area contributed by atoms with Crippen molar-refractivity contribution >= 4 is 5.96 Å². The monoisotopic (exact) mass is 353 g/mol. The molecule has 0 saturated carbocycles. The standard InChI is InChI=1S/C21H27N3O2/c1-21(11-16-6-4-5-7-17(16)12-21)14-24-20(22)23-13-15-8-9-18(25-2)19(10-15)26-3/h4-10H,11-14H2,1-3H3,(H3,22,23,24). The number of hydrogen-bond acceptors (Lipinski definition) is 3. The Bertz CT molecular complexity index is 777. The van der Waals surface area contributed by atoms with Crippen molar-refractivity contribution in [1.82, 2.24) is 5.32 Å². The fourth-order valence-corrected chi connectivity index (χ4v) is 3.52. The molecular formula is C21H27N3O2. The van der Waals surface area contributed by atoms with Crippen LogP contribution in [0, 0.1) is 5.41 Å². The second-order valence-electron chi connectivity index (χ2n) is 7.18. The second kappa shape index (κ2) is 7.68. The third-order valence-electron chi connectivity index (χ3n) is 4.93. The van der Waals surface area contributed by atoms with Gasteiger partial charge in [0.15, 0.2) is 17.5 Å². The Morgan fingerprint density at radius 3 is 2.35 bits per heavy atom. The molecule has 1 aliphatic carbocycles. The average molecular weight is 353 g/mol. The number of benzene rings is 2. The molecule has 0 radical (unpaired) electrons. The molecule has 3 rings (SSSR count). The van der Waals surface area contributed by atoms with Crippen LogP contribution in [0.3, 0.4) is 0 Å². The summed E-state index contributed by atoms with van der Waals surface area (Å²) in [5.41, 5.74) is 10.2. The Labute approximate surface area is 155 Å². The number of hydrogen-bond donors (Lipinski definition) is 2. The number of fused-ring (bicyclic) bond motifs is 1. The average Bonchev–Trinajstić information content (AvgIpc) is 3.01. The predicted molar refractivity (Wildman–Crippen MR) is 105 cm³/mol. The molecule has 3 N–H and O–H groups in total. The largest absolute Gasteiger partial charge is 0.493 e. The Balaban J connectivity index is 1.56. The van der Waals surface area contributed by atoms with Gasteiger partial charge in [0.1, 0.15) is 0 Å². The topological polar surface area (TPSA) is 68.9 Å². The van der Waals surface area contributed by atoms with E-state index in [1.807, 2.05) is 18.2 Å². The first-order chi connectivity index (χ1) is 12.5. The number of guanidine groups is 1. The molecule has 0 atom stereocenters. The van der Waals surface area contributed by atoms with Crippen molar-refractivity contribution in [3.8, 4) is 11.5 Å². The van der Waals surface area contributed by atoms with Crippen LogP contribution >= 0.6 is 0 Å². The summed E-state index contributed by atoms with van der Waals surface area (Å²) < 4.78 is 10.6. The molecule has 26 heavy (non-hydrogen) atoms. The number of nitrogens with one attached hydrogen (secondary N) is 1. The molecule has 0 unspecified atom stereocenters. The first-order valence-corrected chi connectivity index (χ1v) is 8.84. The second-order valence-corrected chi connectivity index (χ2v) is 7.18. The van der Waals surface area contributed by atoms with Crippen molar-refractivity contribution in [1.29, 1.82) is 0 Å². The highest BCUT2D eigenvalue weighted by molar-refractivity contribution is 5.77. The van der Waals surface area contributed by atoms with Gasteiger partial charge in [-0.15, -0.1) is 0 Å². The lowest BCUT2D eigenvalue weighted by atomic mass is 9.87. The molecule has 138 valence electrons. The van der Waals surface area contributed by atoms with E-state index < -0.39 is 0 Å². The number of ether oxygens (including phenoxy) is 2. The Morgan fingerprint density at radius 1 is 1.08 bits per heavy atom. The third-order valence-corrected chi connectivity index (χ3v) is 4.93. The van der Waals surface area contributed by atoms with E-state index in [0.717, 1.165) is 24.9 Å². The molecule has 5 nitrogen and oxygen atoms in total. The quantitative estimate of drug-likeness (QED) is 0.619. The van der Waals surface area contributed by atoms with Crippen molar-refractivity contribution in [2.45, 2.75) is 26.3 Å². The van der Waals surface area contributed by atoms with Crippen LogP contribution in [-0.2, 0) is 19.4 Å². The van der Waals surface area contributed by atoms with Gasteiger partial charge < -0.3 is 20.5 Å². The van der Waals surface area contributed by atoms with Gasteiger partial charge in [0.05, 0.1) is 20.8 Å². The summed E-state index contributed by atoms with van der Waals surface area (Å²) in [7, 11) is 3.25. The molecule has 2 aromatic rings. The van der Waals surface area contributed by atoms with Crippen molar-refractivity contribution in [3.63, 3.8) is 0 Å². The van der Waals surface area contributed by atoms with Crippen LogP contribution in [0.1, 0.15) is 23.6 Å². The zero-order chi connectivity index (χ0) is 18.6. The van der Waals surface area contributed by atoms with Crippen LogP contribution < -0.4 is 20.5 Å². The molecular weight excluding hydrogens is 326 g/mol. The van der Waals surface area contributed by atoms with Gasteiger partial charge in [0.25, 0.3) is 0 Å². The molecule has 2 aromatic carbocycles. The Morgan fingerprint density at radius 2 is 1.73 bits per heavy atom. The summed E-state index contributed by atoms with van der Waals surface area (Å²) in [5.74, 6) is 1.87. The number of nitrogens with two attached hydrogens (primary N) is 1. The van der Waals surface area contributed by atoms with E-state index in [1.54, 1.807) is 14.2 Å². The smallest absolute Gasteiger partial charge is 0.188 e. The molecule has 5 heteroatoms. The van der Waals surface area contributed by atoms with E-state index in [1.165, 1.54) is 11.1 Å². The minimum absolute atomic E-state index is 0.174. The van der Waals surface area contributed by atoms with E-state index >= 15 is 0 Å². The number of rotatable bonds is 6. The fourth-order valence-electron chi connectivity index (χ4n) is 3.52. The molecule has 0 bridgehead atoms. The first-order valence-electron chi connectivity index (χ1n) is 8.84. The summed E-state index contributed by atoms with van der Waals surface area (Å²) in [4.78, 5) is 4.45. The van der Waals surface area contributed by atoms with Crippen LogP contribution in [0.15, 0.2) is 47.5 Å². The van der Waals surface area contributed by atoms with Crippen molar-refractivity contribution in [3.05, 3.63) is 59.2 Å². The van der Waals surface area contributed by atoms with Crippen LogP contribution in [-0.4, -0.2) is 26.7 Å². The maximum Gasteiger partial charge on any atom is 0.188 e. The van der Waals surface area contributed by atoms with Crippen molar-refractivity contribution < 1.29 is 9.47 Å². The van der Waals surface area contributed by atoms with Gasteiger partial charge >= 0.3 is 0 Å². The SMILES string of the molecule is COc1ccc(CN=C(N)NCC2(C)Cc3ccccc3C2)cc1OC. The van der Waals surface area contributed by atoms with Gasteiger partial charge in [-0.1, -0.05) is 37.3 Å². The van der Waals surface area contributed by atoms with Gasteiger partial charge in [0, 0.05) is 6.54 Å². The molecule has 0 fully saturated rings. The molecule has 0 aliphatic heterocycles. The minimum atomic E-state index is 0.174. The highest BCUT2D eigenvalue weighted by Gasteiger charge is 2.32. The van der Waals surface area contributed by atoms with Crippen molar-refractivity contribution in [2.75, 3.05) is 20.8 Å². The summed E-state index contributed by atoms with van der Waals surface area (Å²) >= 11 is 0. The molecule has 0 heterocycles. The lowest BCUT2D eigenvalue weighted by Gasteiger charge is -2.24. The van der Waals surface area contributed by atoms with Crippen LogP contribution in [0.2, 0.25) is 0 Å². The predicted octanol–water partition coefficient (Wildman–Crippen LogP) is 2.91. The van der Waals surface area contributed by atoms with Crippen LogP contribution in [0.25, 0.3) is 0 Å². The zero-order valence-corrected chi connectivity index (χ0v) is 15.7. The number of nitrogens with zero attached hydrogens (tertiary/aromatic N) is 1. The molecule has 1 aliphatic rings. The van der Waals surface area contributed by atoms with E-state index in [2.05, 4.69) is 41.5 Å². The summed E-state index contributed by atoms with van der Waals surface area (Å²) in [5, 5.41) is 3.29. The highest BCUT2D eigenvalue weighted by atomic mass is 16.5. The Hall–Kier alpha value is -2.69. The summed E-state index contributed by atoms with van der Waals surface area (Å²) in [6.45, 7) is 3.60. The van der Waals surface area contributed by atoms with E-state index in [9.17, 15) is 0 Å². The molecule has 0 saturated heterocycles.